The molecule has 1 saturated carbocycles. The summed E-state index contributed by atoms with van der Waals surface area (Å²) in [6, 6.07) is -1.20. The second kappa shape index (κ2) is 1.67. The van der Waals surface area contributed by atoms with Gasteiger partial charge in [0.2, 0.25) is 0 Å². The molecule has 4 heteroatoms. The molecule has 2 rings (SSSR count). The number of rotatable bonds is 0. The van der Waals surface area contributed by atoms with Crippen molar-refractivity contribution in [1.82, 2.24) is 5.32 Å². The molecule has 0 amide bonds. The van der Waals surface area contributed by atoms with Gasteiger partial charge in [-0.25, -0.2) is 0 Å². The molecule has 58 valence electrons. The first-order chi connectivity index (χ1) is 4.59. The van der Waals surface area contributed by atoms with Crippen LogP contribution in [0.2, 0.25) is 0 Å². The zero-order valence-electron chi connectivity index (χ0n) is 5.28. The first kappa shape index (κ1) is 6.46. The Hall–Kier alpha value is -0.250. The van der Waals surface area contributed by atoms with Crippen LogP contribution in [0.4, 0.5) is 13.2 Å². The fraction of sp³-hybridized carbons (Fsp3) is 1.00. The smallest absolute Gasteiger partial charge is 0.306 e. The highest BCUT2D eigenvalue weighted by molar-refractivity contribution is 5.04. The summed E-state index contributed by atoms with van der Waals surface area (Å²) in [4.78, 5) is 0. The van der Waals surface area contributed by atoms with Gasteiger partial charge in [0, 0.05) is 0 Å². The van der Waals surface area contributed by atoms with Crippen molar-refractivity contribution in [3.05, 3.63) is 0 Å². The van der Waals surface area contributed by atoms with Crippen LogP contribution < -0.4 is 5.32 Å². The molecule has 1 aliphatic carbocycles. The van der Waals surface area contributed by atoms with Gasteiger partial charge in [-0.05, 0) is 24.8 Å². The third-order valence-corrected chi connectivity index (χ3v) is 2.36. The number of alkyl halides is 3. The van der Waals surface area contributed by atoms with Gasteiger partial charge >= 0.3 is 6.18 Å². The van der Waals surface area contributed by atoms with Crippen molar-refractivity contribution in [2.45, 2.75) is 18.6 Å². The molecule has 2 aliphatic rings. The highest BCUT2D eigenvalue weighted by Gasteiger charge is 2.58. The Morgan fingerprint density at radius 1 is 1.30 bits per heavy atom. The monoisotopic (exact) mass is 151 g/mol. The van der Waals surface area contributed by atoms with Crippen molar-refractivity contribution >= 4 is 0 Å². The summed E-state index contributed by atoms with van der Waals surface area (Å²) in [6.07, 6.45) is -3.24. The van der Waals surface area contributed by atoms with E-state index in [4.69, 9.17) is 0 Å². The Morgan fingerprint density at radius 2 is 2.00 bits per heavy atom. The van der Waals surface area contributed by atoms with Crippen molar-refractivity contribution in [1.29, 1.82) is 0 Å². The van der Waals surface area contributed by atoms with E-state index < -0.39 is 12.2 Å². The van der Waals surface area contributed by atoms with E-state index in [1.807, 2.05) is 0 Å². The van der Waals surface area contributed by atoms with Crippen LogP contribution in [0.5, 0.6) is 0 Å². The minimum atomic E-state index is -4.02. The Labute approximate surface area is 56.6 Å². The summed E-state index contributed by atoms with van der Waals surface area (Å²) in [7, 11) is 0. The highest BCUT2D eigenvalue weighted by Crippen LogP contribution is 2.49. The predicted octanol–water partition coefficient (Wildman–Crippen LogP) is 1.16. The van der Waals surface area contributed by atoms with Crippen LogP contribution >= 0.6 is 0 Å². The first-order valence-corrected chi connectivity index (χ1v) is 3.39. The largest absolute Gasteiger partial charge is 0.404 e. The maximum atomic E-state index is 12.0. The lowest BCUT2D eigenvalue weighted by atomic mass is 10.2. The molecule has 0 unspecified atom stereocenters. The van der Waals surface area contributed by atoms with Crippen LogP contribution in [0, 0.1) is 11.8 Å². The number of hydrogen-bond donors (Lipinski definition) is 1. The normalized spacial score (nSPS) is 45.3. The second-order valence-electron chi connectivity index (χ2n) is 3.09. The third-order valence-electron chi connectivity index (χ3n) is 2.36. The summed E-state index contributed by atoms with van der Waals surface area (Å²) in [5.74, 6) is 0.228. The quantitative estimate of drug-likeness (QED) is 0.547. The van der Waals surface area contributed by atoms with Crippen molar-refractivity contribution in [3.63, 3.8) is 0 Å². The predicted molar refractivity (Wildman–Crippen MR) is 29.4 cm³/mol. The summed E-state index contributed by atoms with van der Waals surface area (Å²) in [5, 5.41) is 2.47. The van der Waals surface area contributed by atoms with Crippen LogP contribution in [0.1, 0.15) is 6.42 Å². The van der Waals surface area contributed by atoms with E-state index in [0.29, 0.717) is 12.5 Å². The van der Waals surface area contributed by atoms with Gasteiger partial charge in [-0.1, -0.05) is 0 Å². The summed E-state index contributed by atoms with van der Waals surface area (Å²) in [5.41, 5.74) is 0. The van der Waals surface area contributed by atoms with Gasteiger partial charge in [-0.3, -0.25) is 0 Å². The molecular weight excluding hydrogens is 143 g/mol. The van der Waals surface area contributed by atoms with Crippen molar-refractivity contribution in [3.8, 4) is 0 Å². The van der Waals surface area contributed by atoms with Crippen molar-refractivity contribution in [2.75, 3.05) is 6.54 Å². The van der Waals surface area contributed by atoms with E-state index in [-0.39, 0.29) is 5.92 Å². The average Bonchev–Trinajstić information content (AvgIpc) is 2.40. The molecule has 0 radical (unpaired) electrons. The first-order valence-electron chi connectivity index (χ1n) is 3.39. The lowest BCUT2D eigenvalue weighted by Gasteiger charge is -2.16. The van der Waals surface area contributed by atoms with Crippen LogP contribution in [-0.4, -0.2) is 18.8 Å². The summed E-state index contributed by atoms with van der Waals surface area (Å²) in [6.45, 7) is 0.564. The Kier molecular flexibility index (Phi) is 1.08. The number of hydrogen-bond acceptors (Lipinski definition) is 1. The Bertz CT molecular complexity index is 154. The molecule has 10 heavy (non-hydrogen) atoms. The molecule has 0 aromatic rings. The molecule has 1 saturated heterocycles. The van der Waals surface area contributed by atoms with E-state index in [9.17, 15) is 13.2 Å². The Balaban J connectivity index is 2.05. The van der Waals surface area contributed by atoms with Gasteiger partial charge in [-0.2, -0.15) is 13.2 Å². The van der Waals surface area contributed by atoms with Crippen LogP contribution in [0.15, 0.2) is 0 Å². The van der Waals surface area contributed by atoms with Crippen LogP contribution in [-0.2, 0) is 0 Å². The molecule has 0 aromatic heterocycles. The molecule has 1 N–H and O–H groups in total. The fourth-order valence-electron chi connectivity index (χ4n) is 1.70. The Morgan fingerprint density at radius 3 is 2.20 bits per heavy atom. The van der Waals surface area contributed by atoms with E-state index in [0.717, 1.165) is 6.42 Å². The molecular formula is C6H8F3N. The van der Waals surface area contributed by atoms with Gasteiger partial charge in [0.25, 0.3) is 0 Å². The lowest BCUT2D eigenvalue weighted by molar-refractivity contribution is -0.156. The molecule has 0 bridgehead atoms. The van der Waals surface area contributed by atoms with Crippen molar-refractivity contribution < 1.29 is 13.2 Å². The second-order valence-corrected chi connectivity index (χ2v) is 3.09. The van der Waals surface area contributed by atoms with E-state index >= 15 is 0 Å². The van der Waals surface area contributed by atoms with E-state index in [1.165, 1.54) is 0 Å². The molecule has 1 heterocycles. The average molecular weight is 151 g/mol. The van der Waals surface area contributed by atoms with Gasteiger partial charge in [0.15, 0.2) is 0 Å². The third kappa shape index (κ3) is 0.820. The van der Waals surface area contributed by atoms with Crippen LogP contribution in [0.25, 0.3) is 0 Å². The molecule has 2 fully saturated rings. The minimum absolute atomic E-state index is 0.0972. The van der Waals surface area contributed by atoms with Gasteiger partial charge in [-0.15, -0.1) is 0 Å². The summed E-state index contributed by atoms with van der Waals surface area (Å²) < 4.78 is 35.9. The van der Waals surface area contributed by atoms with Gasteiger partial charge in [0.05, 0.1) is 0 Å². The molecule has 1 nitrogen and oxygen atoms in total. The number of piperidine rings is 1. The zero-order valence-corrected chi connectivity index (χ0v) is 5.28. The maximum Gasteiger partial charge on any atom is 0.404 e. The SMILES string of the molecule is FC(F)(F)[C@@H]1NC[C@H]2C[C@H]21. The molecule has 0 spiro atoms. The minimum Gasteiger partial charge on any atom is -0.306 e. The topological polar surface area (TPSA) is 12.0 Å². The van der Waals surface area contributed by atoms with E-state index in [2.05, 4.69) is 5.32 Å². The molecule has 0 aromatic carbocycles. The summed E-state index contributed by atoms with van der Waals surface area (Å²) >= 11 is 0. The number of halogens is 3. The number of fused-ring (bicyclic) bond motifs is 1. The lowest BCUT2D eigenvalue weighted by Crippen LogP contribution is -2.40. The number of nitrogens with one attached hydrogen (secondary N) is 1. The standard InChI is InChI=1S/C6H8F3N/c7-6(8,9)5-4-1-3(4)2-10-5/h3-5,10H,1-2H2/t3-,4-,5-/m1/s1. The molecule has 1 aliphatic heterocycles. The fourth-order valence-corrected chi connectivity index (χ4v) is 1.70. The highest BCUT2D eigenvalue weighted by atomic mass is 19.4. The van der Waals surface area contributed by atoms with Gasteiger partial charge < -0.3 is 5.32 Å². The van der Waals surface area contributed by atoms with Crippen LogP contribution in [0.3, 0.4) is 0 Å². The van der Waals surface area contributed by atoms with Crippen molar-refractivity contribution in [2.24, 2.45) is 11.8 Å². The molecule has 3 atom stereocenters. The van der Waals surface area contributed by atoms with Gasteiger partial charge in [0.1, 0.15) is 6.04 Å². The van der Waals surface area contributed by atoms with E-state index in [1.54, 1.807) is 0 Å². The maximum absolute atomic E-state index is 12.0. The zero-order chi connectivity index (χ0) is 7.35.